The molecule has 1 N–H and O–H groups in total. The van der Waals surface area contributed by atoms with E-state index in [1.807, 2.05) is 43.4 Å². The van der Waals surface area contributed by atoms with Crippen molar-refractivity contribution in [2.24, 2.45) is 7.05 Å². The fourth-order valence-electron chi connectivity index (χ4n) is 2.33. The topological polar surface area (TPSA) is 42.7 Å². The van der Waals surface area contributed by atoms with Crippen LogP contribution < -0.4 is 5.32 Å². The molecule has 0 aliphatic carbocycles. The fourth-order valence-corrected chi connectivity index (χ4v) is 2.33. The van der Waals surface area contributed by atoms with Gasteiger partial charge >= 0.3 is 0 Å². The molecule has 4 heteroatoms. The molecule has 0 aliphatic rings. The molecule has 1 aromatic carbocycles. The van der Waals surface area contributed by atoms with Gasteiger partial charge in [0.15, 0.2) is 0 Å². The zero-order chi connectivity index (χ0) is 13.2. The van der Waals surface area contributed by atoms with E-state index in [0.717, 1.165) is 16.6 Å². The van der Waals surface area contributed by atoms with Crippen molar-refractivity contribution in [1.82, 2.24) is 19.9 Å². The molecule has 0 bridgehead atoms. The van der Waals surface area contributed by atoms with Crippen LogP contribution in [0.3, 0.4) is 0 Å². The van der Waals surface area contributed by atoms with Gasteiger partial charge in [-0.05, 0) is 24.7 Å². The summed E-state index contributed by atoms with van der Waals surface area (Å²) in [5.41, 5.74) is 3.20. The molecule has 0 aliphatic heterocycles. The van der Waals surface area contributed by atoms with E-state index in [2.05, 4.69) is 39.6 Å². The molecule has 1 atom stereocenters. The lowest BCUT2D eigenvalue weighted by atomic mass is 10.0. The van der Waals surface area contributed by atoms with Crippen LogP contribution >= 0.6 is 0 Å². The molecule has 2 aromatic heterocycles. The lowest BCUT2D eigenvalue weighted by Crippen LogP contribution is -2.18. The van der Waals surface area contributed by atoms with Crippen molar-refractivity contribution in [3.63, 3.8) is 0 Å². The van der Waals surface area contributed by atoms with Crippen LogP contribution in [0.5, 0.6) is 0 Å². The zero-order valence-electron chi connectivity index (χ0n) is 11.0. The summed E-state index contributed by atoms with van der Waals surface area (Å²) < 4.78 is 1.96. The molecule has 0 saturated carbocycles. The Labute approximate surface area is 112 Å². The SMILES string of the molecule is CNC(c1ccc2cccnc2c1)c1cn(C)cn1. The van der Waals surface area contributed by atoms with E-state index >= 15 is 0 Å². The predicted molar refractivity (Wildman–Crippen MR) is 75.9 cm³/mol. The maximum absolute atomic E-state index is 4.42. The molecule has 0 radical (unpaired) electrons. The van der Waals surface area contributed by atoms with E-state index in [4.69, 9.17) is 0 Å². The van der Waals surface area contributed by atoms with Crippen molar-refractivity contribution in [3.05, 3.63) is 60.3 Å². The van der Waals surface area contributed by atoms with Gasteiger partial charge in [-0.1, -0.05) is 18.2 Å². The highest BCUT2D eigenvalue weighted by molar-refractivity contribution is 5.79. The molecular formula is C15H16N4. The highest BCUT2D eigenvalue weighted by Crippen LogP contribution is 2.23. The standard InChI is InChI=1S/C15H16N4/c1-16-15(14-9-19(2)10-18-14)12-6-5-11-4-3-7-17-13(11)8-12/h3-10,15-16H,1-2H3. The Morgan fingerprint density at radius 3 is 2.84 bits per heavy atom. The first-order chi connectivity index (χ1) is 9.28. The van der Waals surface area contributed by atoms with Crippen LogP contribution in [0.1, 0.15) is 17.3 Å². The van der Waals surface area contributed by atoms with Gasteiger partial charge in [0.2, 0.25) is 0 Å². The third kappa shape index (κ3) is 2.22. The van der Waals surface area contributed by atoms with Gasteiger partial charge in [0.25, 0.3) is 0 Å². The Balaban J connectivity index is 2.06. The van der Waals surface area contributed by atoms with E-state index in [-0.39, 0.29) is 6.04 Å². The minimum absolute atomic E-state index is 0.0904. The second-order valence-electron chi connectivity index (χ2n) is 4.64. The molecule has 0 amide bonds. The number of aryl methyl sites for hydroxylation is 1. The highest BCUT2D eigenvalue weighted by atomic mass is 15.0. The largest absolute Gasteiger partial charge is 0.340 e. The second kappa shape index (κ2) is 4.82. The quantitative estimate of drug-likeness (QED) is 0.777. The van der Waals surface area contributed by atoms with Crippen molar-refractivity contribution < 1.29 is 0 Å². The van der Waals surface area contributed by atoms with Gasteiger partial charge in [-0.2, -0.15) is 0 Å². The second-order valence-corrected chi connectivity index (χ2v) is 4.64. The van der Waals surface area contributed by atoms with E-state index in [1.165, 1.54) is 5.56 Å². The molecule has 2 heterocycles. The molecule has 3 aromatic rings. The number of rotatable bonds is 3. The summed E-state index contributed by atoms with van der Waals surface area (Å²) in [4.78, 5) is 8.83. The molecule has 96 valence electrons. The van der Waals surface area contributed by atoms with Crippen molar-refractivity contribution >= 4 is 10.9 Å². The van der Waals surface area contributed by atoms with Gasteiger partial charge < -0.3 is 9.88 Å². The predicted octanol–water partition coefficient (Wildman–Crippen LogP) is 2.28. The molecule has 0 fully saturated rings. The maximum Gasteiger partial charge on any atom is 0.0947 e. The van der Waals surface area contributed by atoms with Gasteiger partial charge in [0, 0.05) is 24.8 Å². The highest BCUT2D eigenvalue weighted by Gasteiger charge is 2.14. The molecule has 0 spiro atoms. The van der Waals surface area contributed by atoms with Gasteiger partial charge in [-0.15, -0.1) is 0 Å². The number of aromatic nitrogens is 3. The van der Waals surface area contributed by atoms with E-state index in [1.54, 1.807) is 0 Å². The first kappa shape index (κ1) is 11.9. The van der Waals surface area contributed by atoms with E-state index in [9.17, 15) is 0 Å². The molecule has 1 unspecified atom stereocenters. The molecule has 4 nitrogen and oxygen atoms in total. The Morgan fingerprint density at radius 1 is 1.21 bits per heavy atom. The van der Waals surface area contributed by atoms with Crippen molar-refractivity contribution in [2.75, 3.05) is 7.05 Å². The zero-order valence-corrected chi connectivity index (χ0v) is 11.0. The minimum atomic E-state index is 0.0904. The van der Waals surface area contributed by atoms with Crippen LogP contribution in [-0.4, -0.2) is 21.6 Å². The van der Waals surface area contributed by atoms with E-state index < -0.39 is 0 Å². The van der Waals surface area contributed by atoms with Gasteiger partial charge in [0.05, 0.1) is 23.6 Å². The van der Waals surface area contributed by atoms with Crippen LogP contribution in [0.15, 0.2) is 49.1 Å². The number of hydrogen-bond donors (Lipinski definition) is 1. The van der Waals surface area contributed by atoms with Gasteiger partial charge in [0.1, 0.15) is 0 Å². The minimum Gasteiger partial charge on any atom is -0.340 e. The number of fused-ring (bicyclic) bond motifs is 1. The number of hydrogen-bond acceptors (Lipinski definition) is 3. The Hall–Kier alpha value is -2.20. The number of pyridine rings is 1. The molecule has 19 heavy (non-hydrogen) atoms. The smallest absolute Gasteiger partial charge is 0.0947 e. The normalized spacial score (nSPS) is 12.7. The fraction of sp³-hybridized carbons (Fsp3) is 0.200. The summed E-state index contributed by atoms with van der Waals surface area (Å²) in [5, 5.41) is 4.46. The number of imidazole rings is 1. The van der Waals surface area contributed by atoms with Gasteiger partial charge in [-0.3, -0.25) is 4.98 Å². The molecule has 0 saturated heterocycles. The summed E-state index contributed by atoms with van der Waals surface area (Å²) in [7, 11) is 3.92. The summed E-state index contributed by atoms with van der Waals surface area (Å²) in [6.07, 6.45) is 5.67. The first-order valence-corrected chi connectivity index (χ1v) is 6.28. The monoisotopic (exact) mass is 252 g/mol. The lowest BCUT2D eigenvalue weighted by Gasteiger charge is -2.14. The van der Waals surface area contributed by atoms with Crippen LogP contribution in [0.4, 0.5) is 0 Å². The Morgan fingerprint density at radius 2 is 2.11 bits per heavy atom. The van der Waals surface area contributed by atoms with Crippen LogP contribution in [-0.2, 0) is 7.05 Å². The number of benzene rings is 1. The van der Waals surface area contributed by atoms with E-state index in [0.29, 0.717) is 0 Å². The molecule has 3 rings (SSSR count). The lowest BCUT2D eigenvalue weighted by molar-refractivity contribution is 0.674. The third-order valence-electron chi connectivity index (χ3n) is 3.27. The van der Waals surface area contributed by atoms with Crippen LogP contribution in [0.25, 0.3) is 10.9 Å². The van der Waals surface area contributed by atoms with Crippen molar-refractivity contribution in [1.29, 1.82) is 0 Å². The number of nitrogens with zero attached hydrogens (tertiary/aromatic N) is 3. The summed E-state index contributed by atoms with van der Waals surface area (Å²) >= 11 is 0. The van der Waals surface area contributed by atoms with Crippen molar-refractivity contribution in [3.8, 4) is 0 Å². The maximum atomic E-state index is 4.42. The Kier molecular flexibility index (Phi) is 3.01. The number of nitrogens with one attached hydrogen (secondary N) is 1. The summed E-state index contributed by atoms with van der Waals surface area (Å²) in [6.45, 7) is 0. The average molecular weight is 252 g/mol. The average Bonchev–Trinajstić information content (AvgIpc) is 2.86. The summed E-state index contributed by atoms with van der Waals surface area (Å²) in [6, 6.07) is 10.5. The Bertz CT molecular complexity index is 702. The van der Waals surface area contributed by atoms with Gasteiger partial charge in [-0.25, -0.2) is 4.98 Å². The van der Waals surface area contributed by atoms with Crippen LogP contribution in [0.2, 0.25) is 0 Å². The van der Waals surface area contributed by atoms with Crippen LogP contribution in [0, 0.1) is 0 Å². The summed E-state index contributed by atoms with van der Waals surface area (Å²) in [5.74, 6) is 0. The molecular weight excluding hydrogens is 236 g/mol. The van der Waals surface area contributed by atoms with Crippen molar-refractivity contribution in [2.45, 2.75) is 6.04 Å². The first-order valence-electron chi connectivity index (χ1n) is 6.28. The third-order valence-corrected chi connectivity index (χ3v) is 3.27.